The lowest BCUT2D eigenvalue weighted by atomic mass is 9.84. The van der Waals surface area contributed by atoms with Crippen LogP contribution in [0.4, 0.5) is 10.3 Å². The van der Waals surface area contributed by atoms with Crippen molar-refractivity contribution in [2.75, 3.05) is 52.0 Å². The van der Waals surface area contributed by atoms with Gasteiger partial charge in [-0.3, -0.25) is 19.2 Å². The molecule has 2 saturated heterocycles. The van der Waals surface area contributed by atoms with Crippen LogP contribution < -0.4 is 52.4 Å². The number of hydrogen-bond acceptors (Lipinski definition) is 26. The minimum Gasteiger partial charge on any atom is -0.489 e. The second-order valence-electron chi connectivity index (χ2n) is 21.1. The molecule has 6 heterocycles. The molecule has 0 saturated carbocycles. The Morgan fingerprint density at radius 1 is 0.640 bits per heavy atom. The number of nitrogens with zero attached hydrogens (tertiary/aromatic N) is 10. The summed E-state index contributed by atoms with van der Waals surface area (Å²) < 4.78 is 66.7. The first kappa shape index (κ1) is 65.8. The van der Waals surface area contributed by atoms with Gasteiger partial charge in [-0.05, 0) is 89.0 Å². The summed E-state index contributed by atoms with van der Waals surface area (Å²) in [6.07, 6.45) is 6.47. The largest absolute Gasteiger partial charge is 0.489 e. The van der Waals surface area contributed by atoms with Crippen LogP contribution in [0, 0.1) is 0 Å². The van der Waals surface area contributed by atoms with Crippen LogP contribution in [0.3, 0.4) is 0 Å². The number of thiazole rings is 2. The number of oxime groups is 2. The molecule has 4 atom stereocenters. The molecule has 35 heteroatoms. The Labute approximate surface area is 518 Å². The number of nitrogen functional groups attached to an aromatic ring is 2. The smallest absolute Gasteiger partial charge is 0.442 e. The number of nitrogens with two attached hydrogens (primary N) is 4. The van der Waals surface area contributed by atoms with Crippen molar-refractivity contribution in [3.63, 3.8) is 0 Å². The number of ether oxygens (including phenoxy) is 4. The molecule has 10 N–H and O–H groups in total. The van der Waals surface area contributed by atoms with Gasteiger partial charge in [0.2, 0.25) is 12.4 Å². The van der Waals surface area contributed by atoms with E-state index in [1.165, 1.54) is 38.5 Å². The zero-order chi connectivity index (χ0) is 64.5. The first-order valence-corrected chi connectivity index (χ1v) is 30.4. The van der Waals surface area contributed by atoms with Crippen LogP contribution in [0.15, 0.2) is 94.4 Å². The standard InChI is InChI=1S/C54H66N16O16S3/c1-53(2)43(61-45(71)41(37-29-87-51(57)59-37)63-83-39(49(75)79-7)27-81-35-15-11-31(12-16-35)33-23-65(5)67(25-33)21-9-19-55)47(73)69(53)85-89(77,78)86-70-48(74)44(54(70,3)4)62-46(72)42(38-30-88-52(58)60-38)64-84-40(50(76)80-8)28-82-36-17-13-32(14-18-36)34-24-66(6)68(26-34)22-10-20-56/h11-18,23-26,29-30,39-40,43-44H,9-10,19-22,27-28,55-56H2,1-8H3,(H4-2,57,58,59,60,61,62,71,72)/p+2/b63-41-,64-42-/t39-,40-,43+,44+/m0/s1. The molecule has 2 aromatic carbocycles. The number of carbonyl (C=O) groups is 6. The Morgan fingerprint density at radius 3 is 1.33 bits per heavy atom. The lowest BCUT2D eigenvalue weighted by molar-refractivity contribution is -0.753. The highest BCUT2D eigenvalue weighted by molar-refractivity contribution is 7.81. The van der Waals surface area contributed by atoms with Gasteiger partial charge in [0.05, 0.1) is 61.9 Å². The summed E-state index contributed by atoms with van der Waals surface area (Å²) in [6.45, 7) is 7.10. The number of hydrogen-bond donors (Lipinski definition) is 6. The number of rotatable bonds is 30. The Balaban J connectivity index is 0.873. The molecule has 0 radical (unpaired) electrons. The quantitative estimate of drug-likeness (QED) is 0.0111. The highest BCUT2D eigenvalue weighted by Crippen LogP contribution is 2.37. The lowest BCUT2D eigenvalue weighted by Gasteiger charge is -2.52. The highest BCUT2D eigenvalue weighted by Gasteiger charge is 2.61. The van der Waals surface area contributed by atoms with E-state index in [2.05, 4.69) is 30.9 Å². The Morgan fingerprint density at radius 2 is 1.01 bits per heavy atom. The molecule has 2 fully saturated rings. The minimum absolute atomic E-state index is 0.0214. The van der Waals surface area contributed by atoms with Gasteiger partial charge in [0, 0.05) is 10.8 Å². The van der Waals surface area contributed by atoms with Crippen molar-refractivity contribution in [1.29, 1.82) is 0 Å². The SMILES string of the molecule is COC(=O)[C@H](COc1ccc(-c2cn(CCCN)[n+](C)c2)cc1)O/N=C(\C(=O)N[C@@H]1C(=O)N(OS(=O)(=O)ON2C(=O)[C@@H](NC(=O)/C(=N\O[C@@H](COc3ccc(-c4cn(CCCN)[n+](C)c4)cc3)C(=O)OC)c3csc(N)n3)C2(C)C)C1(C)C)c1csc(N)n1. The monoisotopic (exact) mass is 1290 g/mol. The predicted molar refractivity (Wildman–Crippen MR) is 317 cm³/mol. The minimum atomic E-state index is -5.34. The zero-order valence-electron chi connectivity index (χ0n) is 49.6. The Bertz CT molecular complexity index is 3520. The molecule has 2 aliphatic heterocycles. The summed E-state index contributed by atoms with van der Waals surface area (Å²) in [5.41, 5.74) is 22.2. The second kappa shape index (κ2) is 27.9. The summed E-state index contributed by atoms with van der Waals surface area (Å²) in [5, 5.41) is 16.3. The number of anilines is 2. The van der Waals surface area contributed by atoms with E-state index in [1.54, 1.807) is 24.3 Å². The van der Waals surface area contributed by atoms with Crippen LogP contribution >= 0.6 is 22.7 Å². The van der Waals surface area contributed by atoms with Gasteiger partial charge in [-0.2, -0.15) is 27.9 Å². The number of nitrogens with one attached hydrogen (secondary N) is 2. The van der Waals surface area contributed by atoms with E-state index in [1.807, 2.05) is 81.9 Å². The summed E-state index contributed by atoms with van der Waals surface area (Å²) in [7, 11) is 0.721. The molecule has 0 aliphatic carbocycles. The van der Waals surface area contributed by atoms with Crippen LogP contribution in [0.2, 0.25) is 0 Å². The first-order chi connectivity index (χ1) is 42.3. The summed E-state index contributed by atoms with van der Waals surface area (Å²) in [5.74, 6) is -5.46. The molecule has 6 aromatic rings. The Kier molecular flexibility index (Phi) is 20.7. The van der Waals surface area contributed by atoms with Crippen LogP contribution in [0.25, 0.3) is 22.3 Å². The molecule has 4 aromatic heterocycles. The molecule has 8 rings (SSSR count). The molecule has 0 spiro atoms. The van der Waals surface area contributed by atoms with E-state index in [-0.39, 0.29) is 21.7 Å². The van der Waals surface area contributed by atoms with Crippen molar-refractivity contribution in [3.8, 4) is 33.8 Å². The van der Waals surface area contributed by atoms with Crippen LogP contribution in [-0.4, -0.2) is 161 Å². The Hall–Kier alpha value is -9.13. The number of aryl methyl sites for hydroxylation is 4. The van der Waals surface area contributed by atoms with Gasteiger partial charge in [-0.1, -0.05) is 34.6 Å². The predicted octanol–water partition coefficient (Wildman–Crippen LogP) is -0.250. The third kappa shape index (κ3) is 15.2. The maximum Gasteiger partial charge on any atom is 0.442 e. The summed E-state index contributed by atoms with van der Waals surface area (Å²) >= 11 is 1.88. The third-order valence-electron chi connectivity index (χ3n) is 14.1. The number of benzene rings is 2. The van der Waals surface area contributed by atoms with Gasteiger partial charge < -0.3 is 62.2 Å². The van der Waals surface area contributed by atoms with Crippen LogP contribution in [0.5, 0.6) is 11.5 Å². The number of amides is 4. The summed E-state index contributed by atoms with van der Waals surface area (Å²) in [6, 6.07) is 11.1. The molecule has 4 amide bonds. The van der Waals surface area contributed by atoms with Gasteiger partial charge in [-0.15, -0.1) is 40.6 Å². The topological polar surface area (TPSA) is 413 Å². The zero-order valence-corrected chi connectivity index (χ0v) is 52.0. The molecule has 2 aliphatic rings. The second-order valence-corrected chi connectivity index (χ2v) is 23.9. The van der Waals surface area contributed by atoms with Crippen LogP contribution in [0.1, 0.15) is 51.9 Å². The average Bonchev–Trinajstić information content (AvgIpc) is 1.40. The number of methoxy groups -OCH3 is 2. The molecule has 0 unspecified atom stereocenters. The van der Waals surface area contributed by atoms with E-state index < -0.39 is 106 Å². The fourth-order valence-corrected chi connectivity index (χ4v) is 11.0. The fraction of sp³-hybridized carbons (Fsp3) is 0.407. The maximum absolute atomic E-state index is 14.0. The van der Waals surface area contributed by atoms with E-state index >= 15 is 0 Å². The van der Waals surface area contributed by atoms with Crippen molar-refractivity contribution in [2.45, 2.75) is 89.0 Å². The van der Waals surface area contributed by atoms with Gasteiger partial charge in [0.1, 0.15) is 48.2 Å². The molecule has 476 valence electrons. The molecular formula is C54H68N16O16S3+2. The van der Waals surface area contributed by atoms with Crippen LogP contribution in [-0.2, 0) is 94.1 Å². The maximum atomic E-state index is 14.0. The summed E-state index contributed by atoms with van der Waals surface area (Å²) in [4.78, 5) is 100. The van der Waals surface area contributed by atoms with E-state index in [9.17, 15) is 37.2 Å². The number of hydroxylamine groups is 4. The number of esters is 2. The van der Waals surface area contributed by atoms with Crippen molar-refractivity contribution in [3.05, 3.63) is 95.5 Å². The van der Waals surface area contributed by atoms with Crippen molar-refractivity contribution >= 4 is 90.3 Å². The van der Waals surface area contributed by atoms with Crippen molar-refractivity contribution < 1.29 is 83.7 Å². The highest BCUT2D eigenvalue weighted by atomic mass is 32.3. The molecule has 89 heavy (non-hydrogen) atoms. The number of aromatic nitrogens is 6. The fourth-order valence-electron chi connectivity index (χ4n) is 9.03. The van der Waals surface area contributed by atoms with E-state index in [4.69, 9.17) is 60.1 Å². The van der Waals surface area contributed by atoms with Crippen molar-refractivity contribution in [2.24, 2.45) is 35.9 Å². The normalized spacial score (nSPS) is 17.0. The van der Waals surface area contributed by atoms with E-state index in [0.717, 1.165) is 85.1 Å². The van der Waals surface area contributed by atoms with Gasteiger partial charge >= 0.3 is 22.3 Å². The average molecular weight is 1290 g/mol. The van der Waals surface area contributed by atoms with E-state index in [0.29, 0.717) is 34.7 Å². The van der Waals surface area contributed by atoms with Gasteiger partial charge in [0.25, 0.3) is 35.8 Å². The molecular weight excluding hydrogens is 1220 g/mol. The number of β-lactam (4-membered cyclic amide) rings is 2. The van der Waals surface area contributed by atoms with Crippen molar-refractivity contribution in [1.82, 2.24) is 40.1 Å². The lowest BCUT2D eigenvalue weighted by Crippen LogP contribution is -2.78. The number of carbonyl (C=O) groups excluding carboxylic acids is 6. The molecule has 32 nitrogen and oxygen atoms in total. The molecule has 0 bridgehead atoms. The van der Waals surface area contributed by atoms with Gasteiger partial charge in [-0.25, -0.2) is 19.6 Å². The van der Waals surface area contributed by atoms with Gasteiger partial charge in [0.15, 0.2) is 35.8 Å². The third-order valence-corrected chi connectivity index (χ3v) is 16.1. The first-order valence-electron chi connectivity index (χ1n) is 27.3.